The summed E-state index contributed by atoms with van der Waals surface area (Å²) in [6, 6.07) is 24.5. The maximum atomic E-state index is 13.4. The largest absolute Gasteiger partial charge is 0.497 e. The number of ether oxygens (including phenoxy) is 5. The summed E-state index contributed by atoms with van der Waals surface area (Å²) in [5, 5.41) is 2.50. The Kier molecular flexibility index (Phi) is 8.54. The minimum atomic E-state index is -1.31. The van der Waals surface area contributed by atoms with E-state index in [9.17, 15) is 19.2 Å². The van der Waals surface area contributed by atoms with E-state index in [0.717, 1.165) is 21.6 Å². The fraction of sp³-hybridized carbons (Fsp3) is 0.371. The lowest BCUT2D eigenvalue weighted by atomic mass is 9.76. The third-order valence-electron chi connectivity index (χ3n) is 9.20. The second-order valence-electron chi connectivity index (χ2n) is 11.6. The average molecular weight is 629 g/mol. The number of nitrogens with one attached hydrogen (secondary N) is 1. The number of imide groups is 1. The summed E-state index contributed by atoms with van der Waals surface area (Å²) in [5.74, 6) is -2.01. The molecule has 11 heteroatoms. The van der Waals surface area contributed by atoms with Crippen LogP contribution in [0.5, 0.6) is 11.5 Å². The van der Waals surface area contributed by atoms with Crippen LogP contribution in [0.15, 0.2) is 78.9 Å². The minimum absolute atomic E-state index is 0.0691. The summed E-state index contributed by atoms with van der Waals surface area (Å²) in [6.45, 7) is 0. The van der Waals surface area contributed by atoms with Gasteiger partial charge in [-0.25, -0.2) is 0 Å². The highest BCUT2D eigenvalue weighted by Crippen LogP contribution is 2.53. The van der Waals surface area contributed by atoms with Gasteiger partial charge in [-0.1, -0.05) is 54.6 Å². The number of likely N-dealkylation sites (tertiary alicyclic amines) is 1. The van der Waals surface area contributed by atoms with Gasteiger partial charge in [-0.05, 0) is 41.0 Å². The molecule has 3 aliphatic rings. The molecular formula is C35H36N2O9. The molecule has 0 radical (unpaired) electrons. The zero-order valence-electron chi connectivity index (χ0n) is 26.0. The number of hydrogen-bond acceptors (Lipinski definition) is 9. The molecule has 6 atom stereocenters. The molecule has 3 saturated heterocycles. The average Bonchev–Trinajstić information content (AvgIpc) is 3.72. The van der Waals surface area contributed by atoms with E-state index in [4.69, 9.17) is 23.7 Å². The molecule has 6 unspecified atom stereocenters. The van der Waals surface area contributed by atoms with Crippen LogP contribution < -0.4 is 14.8 Å². The van der Waals surface area contributed by atoms with E-state index in [2.05, 4.69) is 5.32 Å². The molecule has 6 rings (SSSR count). The van der Waals surface area contributed by atoms with E-state index in [1.807, 2.05) is 78.9 Å². The second-order valence-corrected chi connectivity index (χ2v) is 11.6. The molecule has 3 fully saturated rings. The van der Waals surface area contributed by atoms with Gasteiger partial charge in [0.1, 0.15) is 35.4 Å². The first-order chi connectivity index (χ1) is 22.2. The van der Waals surface area contributed by atoms with E-state index in [-0.39, 0.29) is 30.6 Å². The second kappa shape index (κ2) is 12.6. The minimum Gasteiger partial charge on any atom is -0.497 e. The van der Waals surface area contributed by atoms with Crippen LogP contribution in [0.1, 0.15) is 29.5 Å². The number of methoxy groups -OCH3 is 2. The van der Waals surface area contributed by atoms with Crippen molar-refractivity contribution in [2.24, 2.45) is 11.8 Å². The molecule has 11 nitrogen and oxygen atoms in total. The van der Waals surface area contributed by atoms with Crippen LogP contribution in [0.2, 0.25) is 0 Å². The van der Waals surface area contributed by atoms with Crippen molar-refractivity contribution >= 4 is 23.7 Å². The lowest BCUT2D eigenvalue weighted by molar-refractivity contribution is -0.171. The topological polar surface area (TPSA) is 130 Å². The third-order valence-corrected chi connectivity index (χ3v) is 9.20. The van der Waals surface area contributed by atoms with Crippen molar-refractivity contribution in [2.75, 3.05) is 28.3 Å². The monoisotopic (exact) mass is 628 g/mol. The maximum absolute atomic E-state index is 13.4. The Morgan fingerprint density at radius 1 is 0.761 bits per heavy atom. The standard InChI is InChI=1S/C35H36N2O9/c1-36-25(38)18-19-26(39)44-31-29-27-28(34(41)37(2)33(27)40)30(45-29)32(31)46-35(20-8-6-5-7-9-20,21-10-14-23(42-3)15-11-21)22-12-16-24(43-4)17-13-22/h5-17,27-32H,18-19H2,1-4H3,(H,36,38). The molecule has 3 aromatic carbocycles. The van der Waals surface area contributed by atoms with Gasteiger partial charge in [0.05, 0.1) is 32.5 Å². The first-order valence-electron chi connectivity index (χ1n) is 15.1. The zero-order valence-corrected chi connectivity index (χ0v) is 26.0. The summed E-state index contributed by atoms with van der Waals surface area (Å²) in [5.41, 5.74) is 0.928. The molecule has 1 N–H and O–H groups in total. The van der Waals surface area contributed by atoms with Gasteiger partial charge in [-0.2, -0.15) is 0 Å². The van der Waals surface area contributed by atoms with Gasteiger partial charge in [-0.3, -0.25) is 24.1 Å². The number of nitrogens with zero attached hydrogens (tertiary/aromatic N) is 1. The molecule has 3 amide bonds. The van der Waals surface area contributed by atoms with Gasteiger partial charge in [0.2, 0.25) is 17.7 Å². The Balaban J connectivity index is 1.49. The van der Waals surface area contributed by atoms with Gasteiger partial charge < -0.3 is 29.0 Å². The number of fused-ring (bicyclic) bond motifs is 5. The Labute approximate surface area is 266 Å². The van der Waals surface area contributed by atoms with Crippen LogP contribution in [0, 0.1) is 11.8 Å². The lowest BCUT2D eigenvalue weighted by Crippen LogP contribution is -2.54. The van der Waals surface area contributed by atoms with Crippen molar-refractivity contribution in [1.29, 1.82) is 0 Å². The van der Waals surface area contributed by atoms with Gasteiger partial charge in [-0.15, -0.1) is 0 Å². The van der Waals surface area contributed by atoms with E-state index in [1.165, 1.54) is 14.1 Å². The van der Waals surface area contributed by atoms with E-state index < -0.39 is 47.8 Å². The first kappa shape index (κ1) is 31.3. The summed E-state index contributed by atoms with van der Waals surface area (Å²) in [6.07, 6.45) is -4.05. The van der Waals surface area contributed by atoms with Crippen molar-refractivity contribution in [3.8, 4) is 11.5 Å². The Hall–Kier alpha value is -4.74. The van der Waals surface area contributed by atoms with Crippen LogP contribution in [0.4, 0.5) is 0 Å². The molecule has 0 aliphatic carbocycles. The van der Waals surface area contributed by atoms with Crippen LogP contribution >= 0.6 is 0 Å². The van der Waals surface area contributed by atoms with E-state index in [0.29, 0.717) is 11.5 Å². The normalized spacial score (nSPS) is 24.9. The quantitative estimate of drug-likeness (QED) is 0.194. The number of amides is 3. The summed E-state index contributed by atoms with van der Waals surface area (Å²) >= 11 is 0. The van der Waals surface area contributed by atoms with Crippen LogP contribution in [-0.4, -0.2) is 81.3 Å². The fourth-order valence-electron chi connectivity index (χ4n) is 6.89. The number of benzene rings is 3. The highest BCUT2D eigenvalue weighted by Gasteiger charge is 2.71. The summed E-state index contributed by atoms with van der Waals surface area (Å²) in [4.78, 5) is 52.8. The van der Waals surface area contributed by atoms with Gasteiger partial charge in [0.25, 0.3) is 0 Å². The zero-order chi connectivity index (χ0) is 32.6. The molecule has 3 aliphatic heterocycles. The third kappa shape index (κ3) is 5.19. The molecule has 0 spiro atoms. The Morgan fingerprint density at radius 2 is 1.26 bits per heavy atom. The first-order valence-corrected chi connectivity index (χ1v) is 15.1. The molecular weight excluding hydrogens is 592 g/mol. The predicted octanol–water partition coefficient (Wildman–Crippen LogP) is 2.83. The lowest BCUT2D eigenvalue weighted by Gasteiger charge is -2.42. The smallest absolute Gasteiger partial charge is 0.306 e. The number of carbonyl (C=O) groups is 4. The Bertz CT molecular complexity index is 1560. The number of esters is 1. The number of rotatable bonds is 11. The SMILES string of the molecule is CNC(=O)CCC(=O)OC1C(OC(c2ccccc2)(c2ccc(OC)cc2)c2ccc(OC)cc2)C2OC1C1C(=O)N(C)C(=O)C21. The number of carbonyl (C=O) groups excluding carboxylic acids is 4. The van der Waals surface area contributed by atoms with Crippen LogP contribution in [-0.2, 0) is 39.0 Å². The van der Waals surface area contributed by atoms with E-state index in [1.54, 1.807) is 14.2 Å². The molecule has 2 bridgehead atoms. The van der Waals surface area contributed by atoms with Crippen molar-refractivity contribution < 1.29 is 42.9 Å². The number of hydrogen-bond donors (Lipinski definition) is 1. The van der Waals surface area contributed by atoms with Crippen molar-refractivity contribution in [3.63, 3.8) is 0 Å². The van der Waals surface area contributed by atoms with Crippen molar-refractivity contribution in [3.05, 3.63) is 95.6 Å². The Morgan fingerprint density at radius 3 is 1.76 bits per heavy atom. The van der Waals surface area contributed by atoms with Gasteiger partial charge in [0.15, 0.2) is 6.10 Å². The molecule has 46 heavy (non-hydrogen) atoms. The van der Waals surface area contributed by atoms with Gasteiger partial charge in [0, 0.05) is 20.5 Å². The molecule has 3 aromatic rings. The molecule has 3 heterocycles. The van der Waals surface area contributed by atoms with Gasteiger partial charge >= 0.3 is 5.97 Å². The highest BCUT2D eigenvalue weighted by molar-refractivity contribution is 6.06. The highest BCUT2D eigenvalue weighted by atomic mass is 16.6. The van der Waals surface area contributed by atoms with Crippen molar-refractivity contribution in [2.45, 2.75) is 42.9 Å². The molecule has 240 valence electrons. The van der Waals surface area contributed by atoms with Crippen molar-refractivity contribution in [1.82, 2.24) is 10.2 Å². The van der Waals surface area contributed by atoms with Crippen LogP contribution in [0.25, 0.3) is 0 Å². The molecule has 0 aromatic heterocycles. The predicted molar refractivity (Wildman–Crippen MR) is 164 cm³/mol. The van der Waals surface area contributed by atoms with Crippen LogP contribution in [0.3, 0.4) is 0 Å². The maximum Gasteiger partial charge on any atom is 0.306 e. The fourth-order valence-corrected chi connectivity index (χ4v) is 6.89. The molecule has 0 saturated carbocycles. The van der Waals surface area contributed by atoms with E-state index >= 15 is 0 Å². The summed E-state index contributed by atoms with van der Waals surface area (Å²) in [7, 11) is 6.11. The summed E-state index contributed by atoms with van der Waals surface area (Å²) < 4.78 is 30.5.